The zero-order chi connectivity index (χ0) is 59.0. The van der Waals surface area contributed by atoms with Gasteiger partial charge in [-0.25, -0.2) is 9.59 Å². The van der Waals surface area contributed by atoms with Crippen LogP contribution in [0.2, 0.25) is 0 Å². The number of aliphatic hydroxyl groups is 1. The molecule has 7 aliphatic rings. The van der Waals surface area contributed by atoms with Crippen LogP contribution in [0.15, 0.2) is 90.7 Å². The third kappa shape index (κ3) is 8.89. The number of amides is 2. The van der Waals surface area contributed by atoms with Crippen molar-refractivity contribution in [2.45, 2.75) is 146 Å². The fourth-order valence-electron chi connectivity index (χ4n) is 16.9. The second-order valence-corrected chi connectivity index (χ2v) is 24.7. The highest BCUT2D eigenvalue weighted by Crippen LogP contribution is 2.68. The average molecular weight is 1140 g/mol. The normalized spacial score (nSPS) is 31.0. The fourth-order valence-corrected chi connectivity index (χ4v) is 16.9. The number of aromatic nitrogens is 1. The van der Waals surface area contributed by atoms with E-state index in [9.17, 15) is 24.3 Å². The Morgan fingerprint density at radius 3 is 2.37 bits per heavy atom. The number of likely N-dealkylation sites (tertiary alicyclic amines) is 1. The Hall–Kier alpha value is -7.02. The van der Waals surface area contributed by atoms with Gasteiger partial charge in [0, 0.05) is 89.3 Å². The van der Waals surface area contributed by atoms with E-state index in [1.165, 1.54) is 21.1 Å². The molecule has 0 unspecified atom stereocenters. The summed E-state index contributed by atoms with van der Waals surface area (Å²) in [6.07, 6.45) is 9.21. The fraction of sp³-hybridized carbons (Fsp3) is 0.538. The van der Waals surface area contributed by atoms with E-state index in [1.54, 1.807) is 12.0 Å². The SMILES string of the molecule is CCC1=C[N@@+]2(CC(=O)N3CCC[C@H]3C(=O)N[C@H](C(=O)OCc3ccccc3)[C@@H](C)CC)Cc3c([nH]c4ccccc34)[C@@](C(=O)OC)(c3cc4c(cc3OC)N(C)[C@H]3[C@@](O)(C(=O)OC)[C@H](OC(C)=O)[C@]5(CC)C=CCN6CC[C@]43[C@@H]65)C[C@@H](C1)C2. The number of anilines is 1. The van der Waals surface area contributed by atoms with Crippen LogP contribution >= 0.6 is 0 Å². The molecule has 1 aromatic heterocycles. The van der Waals surface area contributed by atoms with Crippen molar-refractivity contribution in [1.29, 1.82) is 0 Å². The number of hydrogen-bond donors (Lipinski definition) is 3. The molecule has 83 heavy (non-hydrogen) atoms. The van der Waals surface area contributed by atoms with Gasteiger partial charge in [-0.2, -0.15) is 0 Å². The van der Waals surface area contributed by atoms with E-state index in [1.807, 2.05) is 106 Å². The molecule has 7 heterocycles. The lowest BCUT2D eigenvalue weighted by atomic mass is 9.47. The van der Waals surface area contributed by atoms with Gasteiger partial charge >= 0.3 is 23.9 Å². The molecule has 2 saturated heterocycles. The van der Waals surface area contributed by atoms with Crippen LogP contribution in [-0.2, 0) is 71.7 Å². The predicted octanol–water partition coefficient (Wildman–Crippen LogP) is 6.88. The Bertz CT molecular complexity index is 3310. The second-order valence-electron chi connectivity index (χ2n) is 24.7. The molecule has 18 nitrogen and oxygen atoms in total. The van der Waals surface area contributed by atoms with E-state index in [2.05, 4.69) is 34.4 Å². The van der Waals surface area contributed by atoms with Gasteiger partial charge in [0.05, 0.1) is 40.1 Å². The quantitative estimate of drug-likeness (QED) is 0.0453. The molecule has 1 spiro atoms. The van der Waals surface area contributed by atoms with E-state index < -0.39 is 70.0 Å². The predicted molar refractivity (Wildman–Crippen MR) is 309 cm³/mol. The van der Waals surface area contributed by atoms with Gasteiger partial charge in [-0.15, -0.1) is 0 Å². The zero-order valence-corrected chi connectivity index (χ0v) is 49.5. The molecule has 0 radical (unpaired) electrons. The molecule has 3 fully saturated rings. The van der Waals surface area contributed by atoms with Crippen molar-refractivity contribution in [3.63, 3.8) is 0 Å². The first-order valence-electron chi connectivity index (χ1n) is 29.8. The Balaban J connectivity index is 1.02. The topological polar surface area (TPSA) is 206 Å². The third-order valence-electron chi connectivity index (χ3n) is 20.4. The standard InChI is InChI=1S/C65H80N6O12/c1-10-39(4)53(56(75)82-38-42-20-14-13-15-21-42)67-55(74)49-24-18-28-70(49)52(73)37-71-34-41(11-2)30-43(35-71)33-64(60(76)80-8,54-45(36-71)44-22-16-17-23-48(44)66-54)47-31-46-50(32-51(47)79-7)68(6)58-63(46)26-29-69-27-19-25-62(12-3,57(63)69)59(83-40(5)72)65(58,78)61(77)81-9/h13-17,19-23,25,31-32,34,39,43,49,53,57-59,66,78H,10-12,18,24,26-30,33,35-38H2,1-9H3/p+1/t39-,43+,49-,53-,57-,58+,59+,62+,63+,64-,65-,71-/m0/s1. The Morgan fingerprint density at radius 2 is 1.67 bits per heavy atom. The molecule has 3 N–H and O–H groups in total. The van der Waals surface area contributed by atoms with Gasteiger partial charge in [0.1, 0.15) is 36.4 Å². The van der Waals surface area contributed by atoms with Gasteiger partial charge < -0.3 is 48.9 Å². The van der Waals surface area contributed by atoms with E-state index in [4.69, 9.17) is 23.7 Å². The number of quaternary nitrogens is 1. The number of nitrogens with zero attached hydrogens (tertiary/aromatic N) is 4. The number of esters is 4. The maximum atomic E-state index is 15.9. The molecule has 442 valence electrons. The van der Waals surface area contributed by atoms with Crippen molar-refractivity contribution in [2.75, 3.05) is 66.0 Å². The highest BCUT2D eigenvalue weighted by atomic mass is 16.6. The van der Waals surface area contributed by atoms with Crippen molar-refractivity contribution in [3.05, 3.63) is 119 Å². The number of benzene rings is 3. The van der Waals surface area contributed by atoms with Crippen molar-refractivity contribution in [3.8, 4) is 5.75 Å². The lowest BCUT2D eigenvalue weighted by Crippen LogP contribution is -2.81. The van der Waals surface area contributed by atoms with Crippen molar-refractivity contribution >= 4 is 52.3 Å². The number of methoxy groups -OCH3 is 3. The Labute approximate surface area is 486 Å². The number of para-hydroxylation sites is 1. The van der Waals surface area contributed by atoms with E-state index in [0.29, 0.717) is 100 Å². The minimum absolute atomic E-state index is 0.0449. The van der Waals surface area contributed by atoms with Crippen LogP contribution in [0.4, 0.5) is 5.69 Å². The summed E-state index contributed by atoms with van der Waals surface area (Å²) < 4.78 is 30.4. The van der Waals surface area contributed by atoms with Crippen LogP contribution in [-0.4, -0.2) is 157 Å². The smallest absolute Gasteiger partial charge is 0.344 e. The van der Waals surface area contributed by atoms with E-state index >= 15 is 9.59 Å². The monoisotopic (exact) mass is 1140 g/mol. The van der Waals surface area contributed by atoms with E-state index in [-0.39, 0.29) is 53.7 Å². The Kier molecular flexibility index (Phi) is 15.2. The number of nitrogens with one attached hydrogen (secondary N) is 2. The number of hydrogen-bond acceptors (Lipinski definition) is 14. The molecule has 12 atom stereocenters. The first kappa shape index (κ1) is 57.8. The maximum absolute atomic E-state index is 15.9. The van der Waals surface area contributed by atoms with Gasteiger partial charge in [0.25, 0.3) is 5.91 Å². The number of allylic oxidation sites excluding steroid dienone is 1. The number of H-pyrrole nitrogens is 1. The van der Waals surface area contributed by atoms with Crippen LogP contribution in [0.25, 0.3) is 10.9 Å². The molecule has 1 aliphatic carbocycles. The summed E-state index contributed by atoms with van der Waals surface area (Å²) in [5.74, 6) is -3.16. The zero-order valence-electron chi connectivity index (χ0n) is 49.5. The van der Waals surface area contributed by atoms with Gasteiger partial charge in [-0.3, -0.25) is 28.6 Å². The number of rotatable bonds is 16. The largest absolute Gasteiger partial charge is 0.496 e. The van der Waals surface area contributed by atoms with Crippen molar-refractivity contribution < 1.29 is 62.0 Å². The summed E-state index contributed by atoms with van der Waals surface area (Å²) in [6, 6.07) is 18.3. The van der Waals surface area contributed by atoms with Crippen LogP contribution < -0.4 is 15.0 Å². The summed E-state index contributed by atoms with van der Waals surface area (Å²) in [4.78, 5) is 97.1. The minimum Gasteiger partial charge on any atom is -0.496 e. The molecule has 18 heteroatoms. The summed E-state index contributed by atoms with van der Waals surface area (Å²) in [5.41, 5.74) is 0.335. The highest BCUT2D eigenvalue weighted by molar-refractivity contribution is 5.95. The maximum Gasteiger partial charge on any atom is 0.344 e. The summed E-state index contributed by atoms with van der Waals surface area (Å²) in [6.45, 7) is 11.8. The van der Waals surface area contributed by atoms with Gasteiger partial charge in [0.2, 0.25) is 11.5 Å². The number of fused-ring (bicyclic) bond motifs is 6. The van der Waals surface area contributed by atoms with Gasteiger partial charge in [-0.05, 0) is 86.2 Å². The van der Waals surface area contributed by atoms with Crippen molar-refractivity contribution in [1.82, 2.24) is 20.1 Å². The molecule has 2 bridgehead atoms. The second kappa shape index (κ2) is 21.9. The molecular weight excluding hydrogens is 1060 g/mol. The van der Waals surface area contributed by atoms with E-state index in [0.717, 1.165) is 33.2 Å². The number of likely N-dealkylation sites (N-methyl/N-ethyl adjacent to an activating group) is 1. The molecular formula is C65H81N6O12+. The van der Waals surface area contributed by atoms with Gasteiger partial charge in [-0.1, -0.05) is 94.8 Å². The molecule has 1 saturated carbocycles. The molecule has 11 rings (SSSR count). The Morgan fingerprint density at radius 1 is 0.928 bits per heavy atom. The van der Waals surface area contributed by atoms with Crippen molar-refractivity contribution in [2.24, 2.45) is 17.3 Å². The lowest BCUT2D eigenvalue weighted by Gasteiger charge is -2.63. The summed E-state index contributed by atoms with van der Waals surface area (Å²) in [5, 5.41) is 17.5. The number of carbonyl (C=O) groups is 6. The van der Waals surface area contributed by atoms with Crippen LogP contribution in [0.5, 0.6) is 5.75 Å². The third-order valence-corrected chi connectivity index (χ3v) is 20.4. The molecule has 3 aromatic carbocycles. The average Bonchev–Trinajstić information content (AvgIpc) is 1.56. The first-order chi connectivity index (χ1) is 39.8. The van der Waals surface area contributed by atoms with Gasteiger partial charge in [0.15, 0.2) is 12.6 Å². The number of aromatic amines is 1. The first-order valence-corrected chi connectivity index (χ1v) is 29.8. The van der Waals surface area contributed by atoms with Crippen LogP contribution in [0, 0.1) is 17.3 Å². The molecule has 2 amide bonds. The number of carbonyl (C=O) groups excluding carboxylic acids is 6. The molecule has 4 aromatic rings. The number of ether oxygens (including phenoxy) is 5. The highest BCUT2D eigenvalue weighted by Gasteiger charge is 2.80. The molecule has 6 aliphatic heterocycles. The lowest BCUT2D eigenvalue weighted by molar-refractivity contribution is -0.891. The minimum atomic E-state index is -2.37. The van der Waals surface area contributed by atoms with Crippen LogP contribution in [0.1, 0.15) is 114 Å². The summed E-state index contributed by atoms with van der Waals surface area (Å²) in [7, 11) is 6.09. The van der Waals surface area contributed by atoms with Crippen LogP contribution in [0.3, 0.4) is 0 Å². The summed E-state index contributed by atoms with van der Waals surface area (Å²) >= 11 is 0.